The summed E-state index contributed by atoms with van der Waals surface area (Å²) in [6.07, 6.45) is 0. The lowest BCUT2D eigenvalue weighted by atomic mass is 10.1. The van der Waals surface area contributed by atoms with Crippen molar-refractivity contribution in [2.75, 3.05) is 11.9 Å². The Kier molecular flexibility index (Phi) is 3.95. The molecule has 0 aromatic heterocycles. The van der Waals surface area contributed by atoms with Crippen LogP contribution in [-0.4, -0.2) is 11.7 Å². The fraction of sp³-hybridized carbons (Fsp3) is 0.200. The number of aryl methyl sites for hydroxylation is 1. The number of hydrogen-bond donors (Lipinski definition) is 2. The summed E-state index contributed by atoms with van der Waals surface area (Å²) in [5.74, 6) is -0.291. The van der Waals surface area contributed by atoms with Crippen LogP contribution in [0.3, 0.4) is 0 Å². The number of nitrogens with one attached hydrogen (secondary N) is 1. The second-order valence-electron chi connectivity index (χ2n) is 4.30. The molecule has 3 heteroatoms. The van der Waals surface area contributed by atoms with Crippen LogP contribution in [0.2, 0.25) is 0 Å². The molecule has 94 valence electrons. The molecule has 0 saturated carbocycles. The van der Waals surface area contributed by atoms with Crippen molar-refractivity contribution in [3.8, 4) is 0 Å². The van der Waals surface area contributed by atoms with Crippen molar-refractivity contribution in [2.45, 2.75) is 13.0 Å². The molecule has 0 heterocycles. The Morgan fingerprint density at radius 3 is 2.50 bits per heavy atom. The van der Waals surface area contributed by atoms with Gasteiger partial charge in [0.15, 0.2) is 0 Å². The molecule has 0 radical (unpaired) electrons. The van der Waals surface area contributed by atoms with Gasteiger partial charge in [-0.2, -0.15) is 0 Å². The smallest absolute Gasteiger partial charge is 0.125 e. The molecule has 1 atom stereocenters. The van der Waals surface area contributed by atoms with E-state index in [-0.39, 0.29) is 18.5 Å². The fourth-order valence-electron chi connectivity index (χ4n) is 1.81. The predicted octanol–water partition coefficient (Wildman–Crippen LogP) is 3.28. The van der Waals surface area contributed by atoms with Crippen LogP contribution in [0.25, 0.3) is 0 Å². The zero-order chi connectivity index (χ0) is 13.0. The average molecular weight is 245 g/mol. The minimum absolute atomic E-state index is 0.0421. The summed E-state index contributed by atoms with van der Waals surface area (Å²) < 4.78 is 13.1. The molecule has 0 spiro atoms. The summed E-state index contributed by atoms with van der Waals surface area (Å²) >= 11 is 0. The first kappa shape index (κ1) is 12.6. The van der Waals surface area contributed by atoms with E-state index in [1.54, 1.807) is 12.1 Å². The number of hydrogen-bond acceptors (Lipinski definition) is 2. The molecule has 0 amide bonds. The average Bonchev–Trinajstić information content (AvgIpc) is 2.37. The van der Waals surface area contributed by atoms with Crippen LogP contribution in [0.4, 0.5) is 10.1 Å². The van der Waals surface area contributed by atoms with Gasteiger partial charge in [0, 0.05) is 5.69 Å². The summed E-state index contributed by atoms with van der Waals surface area (Å²) in [7, 11) is 0. The Hall–Kier alpha value is -1.87. The molecule has 2 N–H and O–H groups in total. The normalized spacial score (nSPS) is 12.2. The van der Waals surface area contributed by atoms with Crippen LogP contribution in [0.5, 0.6) is 0 Å². The number of rotatable bonds is 4. The Morgan fingerprint density at radius 1 is 1.17 bits per heavy atom. The highest BCUT2D eigenvalue weighted by atomic mass is 19.1. The Balaban J connectivity index is 2.17. The molecule has 2 rings (SSSR count). The molecule has 2 aromatic rings. The Bertz CT molecular complexity index is 510. The lowest BCUT2D eigenvalue weighted by Crippen LogP contribution is -2.14. The third-order valence-electron chi connectivity index (χ3n) is 2.83. The van der Waals surface area contributed by atoms with Crippen molar-refractivity contribution >= 4 is 5.69 Å². The molecular weight excluding hydrogens is 229 g/mol. The predicted molar refractivity (Wildman–Crippen MR) is 71.0 cm³/mol. The van der Waals surface area contributed by atoms with Gasteiger partial charge < -0.3 is 10.4 Å². The molecule has 0 aliphatic carbocycles. The minimum Gasteiger partial charge on any atom is -0.394 e. The first-order valence-electron chi connectivity index (χ1n) is 5.88. The second-order valence-corrected chi connectivity index (χ2v) is 4.30. The molecule has 0 aliphatic heterocycles. The van der Waals surface area contributed by atoms with E-state index in [1.807, 2.05) is 31.2 Å². The lowest BCUT2D eigenvalue weighted by Gasteiger charge is -2.18. The van der Waals surface area contributed by atoms with Gasteiger partial charge in [-0.15, -0.1) is 0 Å². The Morgan fingerprint density at radius 2 is 1.89 bits per heavy atom. The van der Waals surface area contributed by atoms with E-state index < -0.39 is 0 Å². The monoisotopic (exact) mass is 245 g/mol. The van der Waals surface area contributed by atoms with E-state index in [0.717, 1.165) is 5.56 Å². The van der Waals surface area contributed by atoms with Crippen molar-refractivity contribution in [3.63, 3.8) is 0 Å². The zero-order valence-electron chi connectivity index (χ0n) is 10.2. The van der Waals surface area contributed by atoms with Gasteiger partial charge in [0.25, 0.3) is 0 Å². The Labute approximate surface area is 106 Å². The summed E-state index contributed by atoms with van der Waals surface area (Å²) in [6.45, 7) is 1.97. The van der Waals surface area contributed by atoms with E-state index in [2.05, 4.69) is 5.32 Å². The molecule has 1 unspecified atom stereocenters. The summed E-state index contributed by atoms with van der Waals surface area (Å²) in [5.41, 5.74) is 2.81. The van der Waals surface area contributed by atoms with Crippen molar-refractivity contribution < 1.29 is 9.50 Å². The van der Waals surface area contributed by atoms with Crippen molar-refractivity contribution in [1.29, 1.82) is 0 Å². The molecule has 0 fully saturated rings. The highest BCUT2D eigenvalue weighted by molar-refractivity contribution is 5.45. The van der Waals surface area contributed by atoms with Gasteiger partial charge in [-0.25, -0.2) is 4.39 Å². The summed E-state index contributed by atoms with van der Waals surface area (Å²) in [4.78, 5) is 0. The first-order valence-corrected chi connectivity index (χ1v) is 5.88. The van der Waals surface area contributed by atoms with Crippen molar-refractivity contribution in [1.82, 2.24) is 0 Å². The van der Waals surface area contributed by atoms with Gasteiger partial charge in [0.05, 0.1) is 12.6 Å². The first-order chi connectivity index (χ1) is 8.69. The third-order valence-corrected chi connectivity index (χ3v) is 2.83. The highest BCUT2D eigenvalue weighted by Crippen LogP contribution is 2.20. The molecule has 0 bridgehead atoms. The van der Waals surface area contributed by atoms with Crippen molar-refractivity contribution in [3.05, 3.63) is 65.5 Å². The van der Waals surface area contributed by atoms with E-state index >= 15 is 0 Å². The van der Waals surface area contributed by atoms with Gasteiger partial charge in [-0.05, 0) is 30.7 Å². The van der Waals surface area contributed by atoms with E-state index in [4.69, 9.17) is 0 Å². The number of aliphatic hydroxyl groups excluding tert-OH is 1. The van der Waals surface area contributed by atoms with Gasteiger partial charge in [-0.3, -0.25) is 0 Å². The molecule has 0 saturated heterocycles. The molecular formula is C15H16FNO. The number of benzene rings is 2. The molecule has 18 heavy (non-hydrogen) atoms. The van der Waals surface area contributed by atoms with Gasteiger partial charge >= 0.3 is 0 Å². The summed E-state index contributed by atoms with van der Waals surface area (Å²) in [6, 6.07) is 13.9. The van der Waals surface area contributed by atoms with Crippen LogP contribution >= 0.6 is 0 Å². The van der Waals surface area contributed by atoms with Crippen LogP contribution in [0, 0.1) is 12.7 Å². The maximum atomic E-state index is 13.1. The molecule has 0 aliphatic rings. The number of halogens is 1. The number of aliphatic hydroxyl groups is 1. The van der Waals surface area contributed by atoms with Crippen LogP contribution in [0.1, 0.15) is 17.2 Å². The van der Waals surface area contributed by atoms with Gasteiger partial charge in [0.2, 0.25) is 0 Å². The van der Waals surface area contributed by atoms with Gasteiger partial charge in [-0.1, -0.05) is 35.9 Å². The minimum atomic E-state index is -0.291. The standard InChI is InChI=1S/C15H16FNO/c1-11-5-7-12(8-6-11)15(10-18)17-14-4-2-3-13(16)9-14/h2-9,15,17-18H,10H2,1H3. The SMILES string of the molecule is Cc1ccc(C(CO)Nc2cccc(F)c2)cc1. The van der Waals surface area contributed by atoms with Crippen molar-refractivity contribution in [2.24, 2.45) is 0 Å². The maximum absolute atomic E-state index is 13.1. The van der Waals surface area contributed by atoms with Crippen LogP contribution < -0.4 is 5.32 Å². The summed E-state index contributed by atoms with van der Waals surface area (Å²) in [5, 5.41) is 12.5. The quantitative estimate of drug-likeness (QED) is 0.866. The van der Waals surface area contributed by atoms with Crippen LogP contribution in [0.15, 0.2) is 48.5 Å². The second kappa shape index (κ2) is 5.65. The van der Waals surface area contributed by atoms with E-state index in [0.29, 0.717) is 5.69 Å². The fourth-order valence-corrected chi connectivity index (χ4v) is 1.81. The maximum Gasteiger partial charge on any atom is 0.125 e. The molecule has 2 nitrogen and oxygen atoms in total. The van der Waals surface area contributed by atoms with Gasteiger partial charge in [0.1, 0.15) is 5.82 Å². The van der Waals surface area contributed by atoms with E-state index in [1.165, 1.54) is 17.7 Å². The topological polar surface area (TPSA) is 32.3 Å². The largest absolute Gasteiger partial charge is 0.394 e. The van der Waals surface area contributed by atoms with E-state index in [9.17, 15) is 9.50 Å². The molecule has 2 aromatic carbocycles. The lowest BCUT2D eigenvalue weighted by molar-refractivity contribution is 0.276. The third kappa shape index (κ3) is 3.08. The van der Waals surface area contributed by atoms with Crippen LogP contribution in [-0.2, 0) is 0 Å². The number of anilines is 1. The zero-order valence-corrected chi connectivity index (χ0v) is 10.2. The highest BCUT2D eigenvalue weighted by Gasteiger charge is 2.10.